The lowest BCUT2D eigenvalue weighted by Gasteiger charge is -2.23. The predicted octanol–water partition coefficient (Wildman–Crippen LogP) is 0.444. The number of hydrogen-bond donors (Lipinski definition) is 3. The molecule has 0 aromatic heterocycles. The lowest BCUT2D eigenvalue weighted by Crippen LogP contribution is -2.44. The third kappa shape index (κ3) is 4.18. The maximum absolute atomic E-state index is 11.7. The summed E-state index contributed by atoms with van der Waals surface area (Å²) in [5.41, 5.74) is 4.54. The molecule has 0 aliphatic carbocycles. The smallest absolute Gasteiger partial charge is 0.310 e. The monoisotopic (exact) mass is 230 g/mol. The van der Waals surface area contributed by atoms with Crippen LogP contribution < -0.4 is 11.1 Å². The number of nitrogens with one attached hydrogen (secondary N) is 1. The number of rotatable bonds is 6. The van der Waals surface area contributed by atoms with Crippen LogP contribution in [0.2, 0.25) is 0 Å². The largest absolute Gasteiger partial charge is 0.481 e. The van der Waals surface area contributed by atoms with Crippen LogP contribution in [0.25, 0.3) is 0 Å². The lowest BCUT2D eigenvalue weighted by atomic mass is 9.92. The van der Waals surface area contributed by atoms with Gasteiger partial charge in [0, 0.05) is 13.1 Å². The first-order valence-corrected chi connectivity index (χ1v) is 5.43. The zero-order chi connectivity index (χ0) is 12.9. The number of aliphatic carboxylic acids is 1. The van der Waals surface area contributed by atoms with Crippen LogP contribution >= 0.6 is 0 Å². The number of carbonyl (C=O) groups is 2. The number of hydrogen-bond acceptors (Lipinski definition) is 3. The standard InChI is InChI=1S/C11H22N2O3/c1-7(2)8(5-12)9(14)13-6-11(3,4)10(15)16/h7-8H,5-6,12H2,1-4H3,(H,13,14)(H,15,16). The van der Waals surface area contributed by atoms with Gasteiger partial charge >= 0.3 is 5.97 Å². The van der Waals surface area contributed by atoms with Crippen molar-refractivity contribution in [1.82, 2.24) is 5.32 Å². The molecular formula is C11H22N2O3. The Morgan fingerprint density at radius 3 is 2.19 bits per heavy atom. The Hall–Kier alpha value is -1.10. The molecule has 1 unspecified atom stereocenters. The summed E-state index contributed by atoms with van der Waals surface area (Å²) >= 11 is 0. The Balaban J connectivity index is 4.31. The molecule has 1 amide bonds. The molecule has 0 saturated heterocycles. The first kappa shape index (κ1) is 14.9. The fourth-order valence-corrected chi connectivity index (χ4v) is 1.20. The molecule has 0 saturated carbocycles. The van der Waals surface area contributed by atoms with E-state index in [9.17, 15) is 9.59 Å². The summed E-state index contributed by atoms with van der Waals surface area (Å²) in [6.45, 7) is 7.37. The fraction of sp³-hybridized carbons (Fsp3) is 0.818. The zero-order valence-corrected chi connectivity index (χ0v) is 10.4. The van der Waals surface area contributed by atoms with Gasteiger partial charge in [0.05, 0.1) is 11.3 Å². The van der Waals surface area contributed by atoms with Crippen molar-refractivity contribution in [3.05, 3.63) is 0 Å². The maximum atomic E-state index is 11.7. The predicted molar refractivity (Wildman–Crippen MR) is 61.8 cm³/mol. The van der Waals surface area contributed by atoms with E-state index < -0.39 is 11.4 Å². The van der Waals surface area contributed by atoms with Gasteiger partial charge in [0.2, 0.25) is 5.91 Å². The second-order valence-electron chi connectivity index (χ2n) is 4.99. The summed E-state index contributed by atoms with van der Waals surface area (Å²) in [6, 6.07) is 0. The Labute approximate surface area is 96.4 Å². The van der Waals surface area contributed by atoms with Crippen molar-refractivity contribution < 1.29 is 14.7 Å². The zero-order valence-electron chi connectivity index (χ0n) is 10.4. The number of carboxylic acid groups (broad SMARTS) is 1. The molecule has 0 aromatic carbocycles. The van der Waals surface area contributed by atoms with Crippen LogP contribution in [0.15, 0.2) is 0 Å². The van der Waals surface area contributed by atoms with Crippen molar-refractivity contribution in [2.75, 3.05) is 13.1 Å². The van der Waals surface area contributed by atoms with Crippen molar-refractivity contribution in [3.63, 3.8) is 0 Å². The van der Waals surface area contributed by atoms with Crippen LogP contribution in [0.4, 0.5) is 0 Å². The molecule has 0 fully saturated rings. The van der Waals surface area contributed by atoms with E-state index in [0.717, 1.165) is 0 Å². The minimum Gasteiger partial charge on any atom is -0.481 e. The van der Waals surface area contributed by atoms with Crippen LogP contribution in [0.5, 0.6) is 0 Å². The minimum atomic E-state index is -0.953. The average molecular weight is 230 g/mol. The highest BCUT2D eigenvalue weighted by atomic mass is 16.4. The van der Waals surface area contributed by atoms with Crippen molar-refractivity contribution in [1.29, 1.82) is 0 Å². The van der Waals surface area contributed by atoms with Crippen LogP contribution in [0.3, 0.4) is 0 Å². The van der Waals surface area contributed by atoms with Gasteiger partial charge in [0.25, 0.3) is 0 Å². The topological polar surface area (TPSA) is 92.4 Å². The minimum absolute atomic E-state index is 0.115. The van der Waals surface area contributed by atoms with E-state index in [4.69, 9.17) is 10.8 Å². The highest BCUT2D eigenvalue weighted by molar-refractivity contribution is 5.80. The Kier molecular flexibility index (Phi) is 5.44. The lowest BCUT2D eigenvalue weighted by molar-refractivity contribution is -0.146. The first-order valence-electron chi connectivity index (χ1n) is 5.43. The quantitative estimate of drug-likeness (QED) is 0.617. The van der Waals surface area contributed by atoms with Crippen molar-refractivity contribution in [2.45, 2.75) is 27.7 Å². The van der Waals surface area contributed by atoms with Crippen LogP contribution in [0.1, 0.15) is 27.7 Å². The molecule has 1 atom stereocenters. The molecule has 4 N–H and O–H groups in total. The average Bonchev–Trinajstić information content (AvgIpc) is 2.15. The summed E-state index contributed by atoms with van der Waals surface area (Å²) in [5.74, 6) is -1.21. The third-order valence-electron chi connectivity index (χ3n) is 2.68. The van der Waals surface area contributed by atoms with Gasteiger partial charge in [-0.3, -0.25) is 9.59 Å². The van der Waals surface area contributed by atoms with Crippen LogP contribution in [0, 0.1) is 17.3 Å². The Morgan fingerprint density at radius 2 is 1.88 bits per heavy atom. The van der Waals surface area contributed by atoms with E-state index in [-0.39, 0.29) is 30.8 Å². The van der Waals surface area contributed by atoms with Gasteiger partial charge < -0.3 is 16.2 Å². The van der Waals surface area contributed by atoms with E-state index in [1.165, 1.54) is 0 Å². The molecule has 0 spiro atoms. The molecule has 5 nitrogen and oxygen atoms in total. The van der Waals surface area contributed by atoms with Gasteiger partial charge in [0.1, 0.15) is 0 Å². The van der Waals surface area contributed by atoms with Crippen LogP contribution in [-0.2, 0) is 9.59 Å². The molecule has 0 radical (unpaired) electrons. The molecule has 0 rings (SSSR count). The Morgan fingerprint density at radius 1 is 1.38 bits per heavy atom. The van der Waals surface area contributed by atoms with Crippen molar-refractivity contribution in [3.8, 4) is 0 Å². The fourth-order valence-electron chi connectivity index (χ4n) is 1.20. The van der Waals surface area contributed by atoms with Crippen LogP contribution in [-0.4, -0.2) is 30.1 Å². The van der Waals surface area contributed by atoms with E-state index in [0.29, 0.717) is 0 Å². The van der Waals surface area contributed by atoms with Gasteiger partial charge in [-0.05, 0) is 19.8 Å². The van der Waals surface area contributed by atoms with E-state index in [2.05, 4.69) is 5.32 Å². The first-order chi connectivity index (χ1) is 7.22. The molecule has 0 bridgehead atoms. The summed E-state index contributed by atoms with van der Waals surface area (Å²) < 4.78 is 0. The van der Waals surface area contributed by atoms with E-state index in [1.54, 1.807) is 13.8 Å². The molecule has 0 aromatic rings. The summed E-state index contributed by atoms with van der Waals surface area (Å²) in [4.78, 5) is 22.5. The second-order valence-corrected chi connectivity index (χ2v) is 4.99. The van der Waals surface area contributed by atoms with Gasteiger partial charge in [-0.1, -0.05) is 13.8 Å². The number of carboxylic acids is 1. The van der Waals surface area contributed by atoms with Gasteiger partial charge in [-0.2, -0.15) is 0 Å². The second kappa shape index (κ2) is 5.84. The van der Waals surface area contributed by atoms with Gasteiger partial charge in [-0.25, -0.2) is 0 Å². The summed E-state index contributed by atoms with van der Waals surface area (Å²) in [5, 5.41) is 11.5. The third-order valence-corrected chi connectivity index (χ3v) is 2.68. The molecule has 0 aliphatic rings. The Bertz CT molecular complexity index is 262. The number of carbonyl (C=O) groups excluding carboxylic acids is 1. The molecular weight excluding hydrogens is 208 g/mol. The SMILES string of the molecule is CC(C)C(CN)C(=O)NCC(C)(C)C(=O)O. The van der Waals surface area contributed by atoms with E-state index >= 15 is 0 Å². The summed E-state index contributed by atoms with van der Waals surface area (Å²) in [7, 11) is 0. The molecule has 94 valence electrons. The maximum Gasteiger partial charge on any atom is 0.310 e. The molecule has 5 heteroatoms. The molecule has 0 heterocycles. The van der Waals surface area contributed by atoms with Crippen molar-refractivity contribution in [2.24, 2.45) is 23.0 Å². The highest BCUT2D eigenvalue weighted by Crippen LogP contribution is 2.14. The van der Waals surface area contributed by atoms with E-state index in [1.807, 2.05) is 13.8 Å². The molecule has 0 aliphatic heterocycles. The number of nitrogens with two attached hydrogens (primary N) is 1. The number of amides is 1. The summed E-state index contributed by atoms with van der Waals surface area (Å²) in [6.07, 6.45) is 0. The van der Waals surface area contributed by atoms with Gasteiger partial charge in [0.15, 0.2) is 0 Å². The van der Waals surface area contributed by atoms with Gasteiger partial charge in [-0.15, -0.1) is 0 Å². The molecule has 16 heavy (non-hydrogen) atoms. The highest BCUT2D eigenvalue weighted by Gasteiger charge is 2.29. The van der Waals surface area contributed by atoms with Crippen molar-refractivity contribution >= 4 is 11.9 Å². The normalized spacial score (nSPS) is 13.6.